The summed E-state index contributed by atoms with van der Waals surface area (Å²) in [5.74, 6) is 1.87. The number of thioether (sulfide) groups is 1. The average molecular weight is 490 g/mol. The van der Waals surface area contributed by atoms with Gasteiger partial charge >= 0.3 is 0 Å². The molecule has 0 bridgehead atoms. The van der Waals surface area contributed by atoms with E-state index in [-0.39, 0.29) is 0 Å². The summed E-state index contributed by atoms with van der Waals surface area (Å²) in [6, 6.07) is 16.0. The molecule has 2 saturated heterocycles. The van der Waals surface area contributed by atoms with E-state index >= 15 is 0 Å². The monoisotopic (exact) mass is 488 g/mol. The summed E-state index contributed by atoms with van der Waals surface area (Å²) >= 11 is 5.50. The van der Waals surface area contributed by atoms with Crippen LogP contribution in [0.5, 0.6) is 5.75 Å². The molecule has 2 aromatic carbocycles. The number of methoxy groups -OCH3 is 1. The van der Waals surface area contributed by atoms with Crippen LogP contribution in [0.1, 0.15) is 43.2 Å². The largest absolute Gasteiger partial charge is 0.496 e. The maximum absolute atomic E-state index is 5.55. The van der Waals surface area contributed by atoms with Gasteiger partial charge in [-0.1, -0.05) is 40.5 Å². The Labute approximate surface area is 194 Å². The highest BCUT2D eigenvalue weighted by Crippen LogP contribution is 2.32. The molecular weight excluding hydrogens is 456 g/mol. The van der Waals surface area contributed by atoms with Gasteiger partial charge in [0.05, 0.1) is 7.11 Å². The third-order valence-corrected chi connectivity index (χ3v) is 8.11. The lowest BCUT2D eigenvalue weighted by Gasteiger charge is -2.40. The molecule has 4 rings (SSSR count). The molecule has 0 radical (unpaired) electrons. The third-order valence-electron chi connectivity index (χ3n) is 6.46. The van der Waals surface area contributed by atoms with E-state index in [2.05, 4.69) is 56.1 Å². The number of hydrogen-bond donors (Lipinski definition) is 0. The molecule has 30 heavy (non-hydrogen) atoms. The lowest BCUT2D eigenvalue weighted by molar-refractivity contribution is 0.0893. The Morgan fingerprint density at radius 3 is 2.50 bits per heavy atom. The molecule has 2 aliphatic heterocycles. The first kappa shape index (κ1) is 22.2. The maximum Gasteiger partial charge on any atom is 0.122 e. The van der Waals surface area contributed by atoms with Crippen molar-refractivity contribution in [3.05, 3.63) is 58.1 Å². The van der Waals surface area contributed by atoms with Crippen molar-refractivity contribution in [2.24, 2.45) is 0 Å². The summed E-state index contributed by atoms with van der Waals surface area (Å²) in [6.07, 6.45) is 6.87. The fourth-order valence-corrected chi connectivity index (χ4v) is 6.20. The number of rotatable bonds is 7. The first-order chi connectivity index (χ1) is 14.7. The summed E-state index contributed by atoms with van der Waals surface area (Å²) in [7, 11) is 1.75. The number of halogens is 1. The first-order valence-electron chi connectivity index (χ1n) is 11.2. The zero-order valence-corrected chi connectivity index (χ0v) is 20.4. The van der Waals surface area contributed by atoms with Gasteiger partial charge in [0.1, 0.15) is 5.75 Å². The van der Waals surface area contributed by atoms with Crippen LogP contribution in [0.4, 0.5) is 0 Å². The lowest BCUT2D eigenvalue weighted by atomic mass is 9.99. The van der Waals surface area contributed by atoms with Crippen LogP contribution in [0.25, 0.3) is 0 Å². The van der Waals surface area contributed by atoms with Crippen LogP contribution >= 0.6 is 27.7 Å². The molecule has 0 unspecified atom stereocenters. The fraction of sp³-hybridized carbons (Fsp3) is 0.520. The van der Waals surface area contributed by atoms with Crippen LogP contribution in [0.15, 0.2) is 51.8 Å². The van der Waals surface area contributed by atoms with Crippen LogP contribution in [0.2, 0.25) is 0 Å². The van der Waals surface area contributed by atoms with Crippen molar-refractivity contribution in [2.45, 2.75) is 55.3 Å². The van der Waals surface area contributed by atoms with Crippen LogP contribution in [-0.4, -0.2) is 49.1 Å². The fourth-order valence-electron chi connectivity index (χ4n) is 4.76. The number of nitrogens with zero attached hydrogens (tertiary/aromatic N) is 2. The van der Waals surface area contributed by atoms with E-state index < -0.39 is 0 Å². The molecule has 2 fully saturated rings. The van der Waals surface area contributed by atoms with Gasteiger partial charge in [0.2, 0.25) is 0 Å². The summed E-state index contributed by atoms with van der Waals surface area (Å²) in [5.41, 5.74) is 2.68. The predicted molar refractivity (Wildman–Crippen MR) is 130 cm³/mol. The molecule has 2 heterocycles. The second-order valence-corrected chi connectivity index (χ2v) is 10.4. The zero-order chi connectivity index (χ0) is 20.8. The molecular formula is C25H33BrN2OS. The molecule has 162 valence electrons. The minimum Gasteiger partial charge on any atom is -0.496 e. The topological polar surface area (TPSA) is 15.7 Å². The zero-order valence-electron chi connectivity index (χ0n) is 18.0. The summed E-state index contributed by atoms with van der Waals surface area (Å²) < 4.78 is 6.65. The molecule has 0 amide bonds. The molecule has 3 nitrogen and oxygen atoms in total. The average Bonchev–Trinajstić information content (AvgIpc) is 2.80. The van der Waals surface area contributed by atoms with E-state index in [0.717, 1.165) is 28.6 Å². The van der Waals surface area contributed by atoms with Crippen molar-refractivity contribution in [1.82, 2.24) is 9.80 Å². The smallest absolute Gasteiger partial charge is 0.122 e. The standard InChI is InChI=1S/C25H33BrN2OS/c1-29-24-10-9-22(26)17-21(24)19-30-25-8-4-3-7-20(25)18-27-15-11-23(12-16-27)28-13-5-2-6-14-28/h3-4,7-10,17,23H,2,5-6,11-16,18-19H2,1H3. The van der Waals surface area contributed by atoms with Crippen molar-refractivity contribution in [1.29, 1.82) is 0 Å². The van der Waals surface area contributed by atoms with Crippen LogP contribution in [-0.2, 0) is 12.3 Å². The van der Waals surface area contributed by atoms with E-state index in [1.54, 1.807) is 7.11 Å². The highest BCUT2D eigenvalue weighted by Gasteiger charge is 2.25. The number of piperidine rings is 2. The van der Waals surface area contributed by atoms with Crippen molar-refractivity contribution < 1.29 is 4.74 Å². The summed E-state index contributed by atoms with van der Waals surface area (Å²) in [5, 5.41) is 0. The van der Waals surface area contributed by atoms with Gasteiger partial charge in [0.25, 0.3) is 0 Å². The van der Waals surface area contributed by atoms with Crippen molar-refractivity contribution in [3.63, 3.8) is 0 Å². The Morgan fingerprint density at radius 2 is 1.73 bits per heavy atom. The van der Waals surface area contributed by atoms with Gasteiger partial charge in [0, 0.05) is 33.3 Å². The normalized spacial score (nSPS) is 19.1. The lowest BCUT2D eigenvalue weighted by Crippen LogP contribution is -2.46. The third kappa shape index (κ3) is 5.82. The van der Waals surface area contributed by atoms with Crippen molar-refractivity contribution >= 4 is 27.7 Å². The maximum atomic E-state index is 5.55. The molecule has 0 saturated carbocycles. The molecule has 0 atom stereocenters. The van der Waals surface area contributed by atoms with Gasteiger partial charge in [-0.05, 0) is 81.7 Å². The first-order valence-corrected chi connectivity index (χ1v) is 13.0. The SMILES string of the molecule is COc1ccc(Br)cc1CSc1ccccc1CN1CCC(N2CCCCC2)CC1. The quantitative estimate of drug-likeness (QED) is 0.430. The van der Waals surface area contributed by atoms with Gasteiger partial charge in [-0.15, -0.1) is 11.8 Å². The minimum atomic E-state index is 0.815. The summed E-state index contributed by atoms with van der Waals surface area (Å²) in [6.45, 7) is 6.15. The van der Waals surface area contributed by atoms with E-state index in [0.29, 0.717) is 0 Å². The van der Waals surface area contributed by atoms with Gasteiger partial charge in [-0.3, -0.25) is 4.90 Å². The molecule has 0 aromatic heterocycles. The van der Waals surface area contributed by atoms with Gasteiger partial charge in [-0.2, -0.15) is 0 Å². The summed E-state index contributed by atoms with van der Waals surface area (Å²) in [4.78, 5) is 6.80. The Balaban J connectivity index is 1.34. The molecule has 2 aromatic rings. The number of ether oxygens (including phenoxy) is 1. The Morgan fingerprint density at radius 1 is 0.967 bits per heavy atom. The number of benzene rings is 2. The van der Waals surface area contributed by atoms with Gasteiger partial charge < -0.3 is 9.64 Å². The molecule has 2 aliphatic rings. The molecule has 0 N–H and O–H groups in total. The molecule has 5 heteroatoms. The van der Waals surface area contributed by atoms with E-state index in [4.69, 9.17) is 4.74 Å². The van der Waals surface area contributed by atoms with E-state index in [9.17, 15) is 0 Å². The van der Waals surface area contributed by atoms with E-state index in [1.165, 1.54) is 74.3 Å². The number of likely N-dealkylation sites (tertiary alicyclic amines) is 2. The Bertz CT molecular complexity index is 817. The van der Waals surface area contributed by atoms with Crippen LogP contribution in [0, 0.1) is 0 Å². The highest BCUT2D eigenvalue weighted by molar-refractivity contribution is 9.10. The Hall–Kier alpha value is -1.01. The van der Waals surface area contributed by atoms with Gasteiger partial charge in [0.15, 0.2) is 0 Å². The second-order valence-electron chi connectivity index (χ2n) is 8.46. The minimum absolute atomic E-state index is 0.815. The Kier molecular flexibility index (Phi) is 8.16. The van der Waals surface area contributed by atoms with Crippen LogP contribution in [0.3, 0.4) is 0 Å². The second kappa shape index (κ2) is 11.0. The molecule has 0 spiro atoms. The predicted octanol–water partition coefficient (Wildman–Crippen LogP) is 6.20. The van der Waals surface area contributed by atoms with E-state index in [1.807, 2.05) is 23.9 Å². The van der Waals surface area contributed by atoms with Crippen molar-refractivity contribution in [2.75, 3.05) is 33.3 Å². The van der Waals surface area contributed by atoms with Gasteiger partial charge in [-0.25, -0.2) is 0 Å². The number of hydrogen-bond acceptors (Lipinski definition) is 4. The van der Waals surface area contributed by atoms with Crippen molar-refractivity contribution in [3.8, 4) is 5.75 Å². The molecule has 0 aliphatic carbocycles. The highest BCUT2D eigenvalue weighted by atomic mass is 79.9. The van der Waals surface area contributed by atoms with Crippen LogP contribution < -0.4 is 4.74 Å².